The second kappa shape index (κ2) is 11.6. The van der Waals surface area contributed by atoms with Crippen molar-refractivity contribution in [3.05, 3.63) is 29.6 Å². The number of piperazine rings is 1. The number of hydrogen-bond acceptors (Lipinski definition) is 6. The summed E-state index contributed by atoms with van der Waals surface area (Å²) in [6.45, 7) is -0.521. The number of ether oxygens (including phenoxy) is 2. The Labute approximate surface area is 189 Å². The molecule has 1 aliphatic rings. The fourth-order valence-electron chi connectivity index (χ4n) is 3.08. The number of aliphatic carboxylic acids is 1. The SMILES string of the molecule is O=C(O)COCCNc1cccc(CN2CCN(C(=O)OC(C(F)(F)F)C(F)(F)F)CC2)c1F. The number of carbonyl (C=O) groups is 2. The van der Waals surface area contributed by atoms with E-state index in [-0.39, 0.29) is 57.1 Å². The van der Waals surface area contributed by atoms with E-state index in [1.165, 1.54) is 12.1 Å². The van der Waals surface area contributed by atoms with Gasteiger partial charge in [-0.3, -0.25) is 4.90 Å². The molecule has 15 heteroatoms. The lowest BCUT2D eigenvalue weighted by atomic mass is 10.1. The largest absolute Gasteiger partial charge is 0.480 e. The van der Waals surface area contributed by atoms with Gasteiger partial charge in [-0.05, 0) is 6.07 Å². The zero-order valence-corrected chi connectivity index (χ0v) is 17.6. The van der Waals surface area contributed by atoms with Crippen LogP contribution in [0.3, 0.4) is 0 Å². The fourth-order valence-corrected chi connectivity index (χ4v) is 3.08. The lowest BCUT2D eigenvalue weighted by molar-refractivity contribution is -0.308. The van der Waals surface area contributed by atoms with Crippen LogP contribution >= 0.6 is 0 Å². The maximum Gasteiger partial charge on any atom is 0.434 e. The van der Waals surface area contributed by atoms with Crippen molar-refractivity contribution in [3.63, 3.8) is 0 Å². The number of carboxylic acids is 1. The van der Waals surface area contributed by atoms with Gasteiger partial charge in [0.05, 0.1) is 12.3 Å². The van der Waals surface area contributed by atoms with Crippen molar-refractivity contribution in [1.29, 1.82) is 0 Å². The molecular weight excluding hydrogens is 483 g/mol. The van der Waals surface area contributed by atoms with Crippen molar-refractivity contribution in [3.8, 4) is 0 Å². The Bertz CT molecular complexity index is 829. The molecule has 1 fully saturated rings. The van der Waals surface area contributed by atoms with Crippen LogP contribution in [0.2, 0.25) is 0 Å². The molecule has 1 amide bonds. The van der Waals surface area contributed by atoms with Gasteiger partial charge in [0, 0.05) is 44.8 Å². The highest BCUT2D eigenvalue weighted by molar-refractivity contribution is 5.68. The van der Waals surface area contributed by atoms with Crippen LogP contribution in [0.4, 0.5) is 41.2 Å². The summed E-state index contributed by atoms with van der Waals surface area (Å²) >= 11 is 0. The molecule has 0 bridgehead atoms. The van der Waals surface area contributed by atoms with E-state index in [0.29, 0.717) is 0 Å². The Hall–Kier alpha value is -2.81. The summed E-state index contributed by atoms with van der Waals surface area (Å²) in [6, 6.07) is 4.53. The van der Waals surface area contributed by atoms with E-state index in [2.05, 4.69) is 10.1 Å². The van der Waals surface area contributed by atoms with Gasteiger partial charge in [-0.15, -0.1) is 0 Å². The first kappa shape index (κ1) is 27.4. The monoisotopic (exact) mass is 505 g/mol. The average molecular weight is 505 g/mol. The summed E-state index contributed by atoms with van der Waals surface area (Å²) in [4.78, 5) is 24.6. The second-order valence-electron chi connectivity index (χ2n) is 7.26. The first-order valence-electron chi connectivity index (χ1n) is 9.91. The van der Waals surface area contributed by atoms with Gasteiger partial charge in [-0.2, -0.15) is 26.3 Å². The van der Waals surface area contributed by atoms with E-state index in [4.69, 9.17) is 9.84 Å². The van der Waals surface area contributed by atoms with E-state index >= 15 is 0 Å². The van der Waals surface area contributed by atoms with Crippen LogP contribution in [-0.4, -0.2) is 91.4 Å². The van der Waals surface area contributed by atoms with Crippen molar-refractivity contribution in [2.45, 2.75) is 25.0 Å². The van der Waals surface area contributed by atoms with Gasteiger partial charge in [0.15, 0.2) is 5.82 Å². The maximum absolute atomic E-state index is 14.7. The summed E-state index contributed by atoms with van der Waals surface area (Å²) in [5, 5.41) is 11.3. The Morgan fingerprint density at radius 2 is 1.68 bits per heavy atom. The minimum atomic E-state index is -5.80. The van der Waals surface area contributed by atoms with Crippen LogP contribution in [0.1, 0.15) is 5.56 Å². The molecule has 0 saturated carbocycles. The van der Waals surface area contributed by atoms with Gasteiger partial charge in [-0.25, -0.2) is 14.0 Å². The van der Waals surface area contributed by atoms with E-state index in [1.54, 1.807) is 11.0 Å². The molecule has 8 nitrogen and oxygen atoms in total. The molecule has 1 aliphatic heterocycles. The van der Waals surface area contributed by atoms with Crippen LogP contribution < -0.4 is 5.32 Å². The van der Waals surface area contributed by atoms with E-state index in [0.717, 1.165) is 4.90 Å². The minimum absolute atomic E-state index is 0.0254. The molecule has 0 atom stereocenters. The molecule has 0 aromatic heterocycles. The zero-order valence-electron chi connectivity index (χ0n) is 17.6. The number of halogens is 7. The topological polar surface area (TPSA) is 91.3 Å². The summed E-state index contributed by atoms with van der Waals surface area (Å²) < 4.78 is 98.7. The fraction of sp³-hybridized carbons (Fsp3) is 0.579. The highest BCUT2D eigenvalue weighted by Crippen LogP contribution is 2.36. The number of hydrogen-bond donors (Lipinski definition) is 2. The van der Waals surface area contributed by atoms with Gasteiger partial charge < -0.3 is 24.8 Å². The van der Waals surface area contributed by atoms with Crippen LogP contribution in [0.5, 0.6) is 0 Å². The predicted octanol–water partition coefficient (Wildman–Crippen LogP) is 3.09. The van der Waals surface area contributed by atoms with Crippen molar-refractivity contribution in [1.82, 2.24) is 9.80 Å². The second-order valence-corrected chi connectivity index (χ2v) is 7.26. The molecular formula is C19H22F7N3O5. The Kier molecular flexibility index (Phi) is 9.32. The van der Waals surface area contributed by atoms with Gasteiger partial charge in [-0.1, -0.05) is 12.1 Å². The van der Waals surface area contributed by atoms with Crippen LogP contribution in [0, 0.1) is 5.82 Å². The summed E-state index contributed by atoms with van der Waals surface area (Å²) in [5.41, 5.74) is 0.408. The number of nitrogens with one attached hydrogen (secondary N) is 1. The van der Waals surface area contributed by atoms with Gasteiger partial charge in [0.2, 0.25) is 0 Å². The standard InChI is InChI=1S/C19H22F7N3O5/c20-15-12(2-1-3-13(15)27-4-9-33-11-14(30)31)10-28-5-7-29(8-6-28)17(32)34-16(18(21,22)23)19(24,25)26/h1-3,16,27H,4-11H2,(H,30,31). The number of carboxylic acid groups (broad SMARTS) is 1. The van der Waals surface area contributed by atoms with Gasteiger partial charge in [0.25, 0.3) is 6.10 Å². The van der Waals surface area contributed by atoms with Crippen LogP contribution in [0.25, 0.3) is 0 Å². The summed E-state index contributed by atoms with van der Waals surface area (Å²) in [5.74, 6) is -1.72. The lowest BCUT2D eigenvalue weighted by Gasteiger charge is -2.35. The number of benzene rings is 1. The van der Waals surface area contributed by atoms with Crippen molar-refractivity contribution >= 4 is 17.7 Å². The Balaban J connectivity index is 1.87. The number of alkyl halides is 6. The number of carbonyl (C=O) groups excluding carboxylic acids is 1. The van der Waals surface area contributed by atoms with E-state index in [1.807, 2.05) is 0 Å². The third-order valence-corrected chi connectivity index (χ3v) is 4.70. The number of amides is 1. The highest BCUT2D eigenvalue weighted by Gasteiger charge is 2.60. The quantitative estimate of drug-likeness (QED) is 0.394. The number of anilines is 1. The molecule has 34 heavy (non-hydrogen) atoms. The lowest BCUT2D eigenvalue weighted by Crippen LogP contribution is -2.52. The molecule has 0 spiro atoms. The third kappa shape index (κ3) is 8.20. The van der Waals surface area contributed by atoms with Crippen molar-refractivity contribution in [2.24, 2.45) is 0 Å². The minimum Gasteiger partial charge on any atom is -0.480 e. The van der Waals surface area contributed by atoms with Crippen molar-refractivity contribution in [2.75, 3.05) is 51.3 Å². The van der Waals surface area contributed by atoms with Gasteiger partial charge >= 0.3 is 24.4 Å². The van der Waals surface area contributed by atoms with E-state index < -0.39 is 42.9 Å². The molecule has 2 rings (SSSR count). The average Bonchev–Trinajstić information content (AvgIpc) is 2.72. The number of nitrogens with zero attached hydrogens (tertiary/aromatic N) is 2. The Morgan fingerprint density at radius 3 is 2.24 bits per heavy atom. The summed E-state index contributed by atoms with van der Waals surface area (Å²) in [7, 11) is 0. The van der Waals surface area contributed by atoms with Crippen LogP contribution in [0.15, 0.2) is 18.2 Å². The molecule has 2 N–H and O–H groups in total. The molecule has 1 aromatic carbocycles. The normalized spacial score (nSPS) is 15.5. The number of rotatable bonds is 9. The summed E-state index contributed by atoms with van der Waals surface area (Å²) in [6.07, 6.45) is -17.5. The highest BCUT2D eigenvalue weighted by atomic mass is 19.4. The molecule has 0 aliphatic carbocycles. The molecule has 1 saturated heterocycles. The van der Waals surface area contributed by atoms with E-state index in [9.17, 15) is 40.3 Å². The first-order chi connectivity index (χ1) is 15.8. The first-order valence-corrected chi connectivity index (χ1v) is 9.91. The maximum atomic E-state index is 14.7. The molecule has 0 unspecified atom stereocenters. The van der Waals surface area contributed by atoms with Crippen LogP contribution in [-0.2, 0) is 20.8 Å². The zero-order chi connectivity index (χ0) is 25.5. The van der Waals surface area contributed by atoms with Gasteiger partial charge in [0.1, 0.15) is 6.61 Å². The molecule has 1 aromatic rings. The third-order valence-electron chi connectivity index (χ3n) is 4.70. The van der Waals surface area contributed by atoms with Crippen molar-refractivity contribution < 1.29 is 54.9 Å². The molecule has 192 valence electrons. The molecule has 1 heterocycles. The smallest absolute Gasteiger partial charge is 0.434 e. The Morgan fingerprint density at radius 1 is 1.06 bits per heavy atom. The predicted molar refractivity (Wildman–Crippen MR) is 103 cm³/mol. The molecule has 0 radical (unpaired) electrons.